The molecule has 4 nitrogen and oxygen atoms in total. The molecule has 0 atom stereocenters. The van der Waals surface area contributed by atoms with Gasteiger partial charge in [-0.05, 0) is 17.5 Å². The van der Waals surface area contributed by atoms with Crippen LogP contribution in [-0.4, -0.2) is 21.0 Å². The number of aryl methyl sites for hydroxylation is 1. The van der Waals surface area contributed by atoms with E-state index in [0.717, 1.165) is 26.5 Å². The van der Waals surface area contributed by atoms with Gasteiger partial charge in [-0.25, -0.2) is 4.98 Å². The topological polar surface area (TPSA) is 63.1 Å². The van der Waals surface area contributed by atoms with Gasteiger partial charge in [0.2, 0.25) is 0 Å². The van der Waals surface area contributed by atoms with Gasteiger partial charge in [0.05, 0.1) is 22.3 Å². The van der Waals surface area contributed by atoms with Crippen LogP contribution < -0.4 is 0 Å². The largest absolute Gasteiger partial charge is 0.481 e. The van der Waals surface area contributed by atoms with Gasteiger partial charge in [0.15, 0.2) is 0 Å². The van der Waals surface area contributed by atoms with Crippen LogP contribution >= 0.6 is 22.7 Å². The number of fused-ring (bicyclic) bond motifs is 1. The molecule has 0 bridgehead atoms. The maximum atomic E-state index is 10.5. The molecule has 0 saturated heterocycles. The number of hydrogen-bond acceptors (Lipinski definition) is 5. The molecule has 1 N–H and O–H groups in total. The maximum absolute atomic E-state index is 10.5. The highest BCUT2D eigenvalue weighted by atomic mass is 32.1. The van der Waals surface area contributed by atoms with Gasteiger partial charge in [-0.3, -0.25) is 9.78 Å². The number of pyridine rings is 1. The summed E-state index contributed by atoms with van der Waals surface area (Å²) >= 11 is 3.18. The number of aliphatic carboxylic acids is 1. The Hall–Kier alpha value is -1.79. The van der Waals surface area contributed by atoms with Crippen LogP contribution in [0.5, 0.6) is 0 Å². The van der Waals surface area contributed by atoms with E-state index in [1.807, 2.05) is 23.0 Å². The summed E-state index contributed by atoms with van der Waals surface area (Å²) in [5, 5.41) is 13.5. The molecule has 0 aliphatic carbocycles. The van der Waals surface area contributed by atoms with Crippen molar-refractivity contribution in [1.29, 1.82) is 0 Å². The Labute approximate surface area is 117 Å². The van der Waals surface area contributed by atoms with Gasteiger partial charge in [-0.2, -0.15) is 0 Å². The molecule has 0 saturated carbocycles. The molecule has 3 rings (SSSR count). The van der Waals surface area contributed by atoms with Crippen molar-refractivity contribution in [3.63, 3.8) is 0 Å². The van der Waals surface area contributed by atoms with Crippen molar-refractivity contribution in [2.75, 3.05) is 0 Å². The Bertz CT molecular complexity index is 733. The Kier molecular flexibility index (Phi) is 3.27. The zero-order valence-corrected chi connectivity index (χ0v) is 11.5. The standard InChI is InChI=1S/C13H10N2O2S2/c16-12(17)2-1-9-7-19-13(15-9)8-5-11-10(14-6-8)3-4-18-11/h3-7H,1-2H2,(H,16,17). The molecule has 0 aliphatic heterocycles. The highest BCUT2D eigenvalue weighted by molar-refractivity contribution is 7.17. The molecule has 0 radical (unpaired) electrons. The molecule has 19 heavy (non-hydrogen) atoms. The van der Waals surface area contributed by atoms with Crippen molar-refractivity contribution in [3.8, 4) is 10.6 Å². The minimum Gasteiger partial charge on any atom is -0.481 e. The number of carboxylic acid groups (broad SMARTS) is 1. The monoisotopic (exact) mass is 290 g/mol. The summed E-state index contributed by atoms with van der Waals surface area (Å²) in [5.74, 6) is -0.795. The first-order chi connectivity index (χ1) is 9.22. The predicted molar refractivity (Wildman–Crippen MR) is 76.7 cm³/mol. The van der Waals surface area contributed by atoms with Gasteiger partial charge >= 0.3 is 5.97 Å². The number of carbonyl (C=O) groups is 1. The first-order valence-electron chi connectivity index (χ1n) is 5.72. The molecule has 0 spiro atoms. The zero-order valence-electron chi connectivity index (χ0n) is 9.87. The van der Waals surface area contributed by atoms with Crippen molar-refractivity contribution >= 4 is 38.9 Å². The lowest BCUT2D eigenvalue weighted by molar-refractivity contribution is -0.136. The first kappa shape index (κ1) is 12.3. The number of aromatic nitrogens is 2. The Balaban J connectivity index is 1.86. The molecule has 0 aromatic carbocycles. The summed E-state index contributed by atoms with van der Waals surface area (Å²) in [6.07, 6.45) is 2.40. The number of nitrogens with zero attached hydrogens (tertiary/aromatic N) is 2. The number of hydrogen-bond donors (Lipinski definition) is 1. The van der Waals surface area contributed by atoms with Crippen LogP contribution in [-0.2, 0) is 11.2 Å². The lowest BCUT2D eigenvalue weighted by Crippen LogP contribution is -1.97. The molecule has 0 aliphatic rings. The summed E-state index contributed by atoms with van der Waals surface area (Å²) in [4.78, 5) is 19.4. The quantitative estimate of drug-likeness (QED) is 0.799. The third-order valence-electron chi connectivity index (χ3n) is 2.70. The van der Waals surface area contributed by atoms with E-state index < -0.39 is 5.97 Å². The van der Waals surface area contributed by atoms with Crippen LogP contribution in [0.1, 0.15) is 12.1 Å². The number of thiophene rings is 1. The van der Waals surface area contributed by atoms with E-state index >= 15 is 0 Å². The minimum atomic E-state index is -0.795. The van der Waals surface area contributed by atoms with E-state index in [9.17, 15) is 4.79 Å². The fraction of sp³-hybridized carbons (Fsp3) is 0.154. The molecule has 96 valence electrons. The number of thiazole rings is 1. The van der Waals surface area contributed by atoms with Crippen LogP contribution in [0.15, 0.2) is 29.1 Å². The molecule has 3 aromatic heterocycles. The van der Waals surface area contributed by atoms with Gasteiger partial charge in [-0.1, -0.05) is 0 Å². The Morgan fingerprint density at radius 3 is 3.11 bits per heavy atom. The highest BCUT2D eigenvalue weighted by Gasteiger charge is 2.08. The van der Waals surface area contributed by atoms with Crippen LogP contribution in [0.2, 0.25) is 0 Å². The molecule has 3 aromatic rings. The molecule has 6 heteroatoms. The average molecular weight is 290 g/mol. The lowest BCUT2D eigenvalue weighted by atomic mass is 10.2. The summed E-state index contributed by atoms with van der Waals surface area (Å²) in [5.41, 5.74) is 2.81. The highest BCUT2D eigenvalue weighted by Crippen LogP contribution is 2.28. The smallest absolute Gasteiger partial charge is 0.303 e. The summed E-state index contributed by atoms with van der Waals surface area (Å²) < 4.78 is 1.14. The van der Waals surface area contributed by atoms with E-state index in [2.05, 4.69) is 16.0 Å². The van der Waals surface area contributed by atoms with Crippen LogP contribution in [0.4, 0.5) is 0 Å². The normalized spacial score (nSPS) is 10.9. The Morgan fingerprint density at radius 2 is 2.26 bits per heavy atom. The fourth-order valence-corrected chi connectivity index (χ4v) is 3.37. The van der Waals surface area contributed by atoms with Crippen molar-refractivity contribution in [2.45, 2.75) is 12.8 Å². The maximum Gasteiger partial charge on any atom is 0.303 e. The van der Waals surface area contributed by atoms with Crippen molar-refractivity contribution in [2.24, 2.45) is 0 Å². The second-order valence-electron chi connectivity index (χ2n) is 4.07. The van der Waals surface area contributed by atoms with Crippen molar-refractivity contribution < 1.29 is 9.90 Å². The first-order valence-corrected chi connectivity index (χ1v) is 7.48. The second-order valence-corrected chi connectivity index (χ2v) is 5.87. The lowest BCUT2D eigenvalue weighted by Gasteiger charge is -1.96. The van der Waals surface area contributed by atoms with Crippen LogP contribution in [0.3, 0.4) is 0 Å². The molecular formula is C13H10N2O2S2. The zero-order chi connectivity index (χ0) is 13.2. The third kappa shape index (κ3) is 2.64. The molecule has 0 fully saturated rings. The third-order valence-corrected chi connectivity index (χ3v) is 4.49. The van der Waals surface area contributed by atoms with Crippen molar-refractivity contribution in [1.82, 2.24) is 9.97 Å². The van der Waals surface area contributed by atoms with E-state index in [1.54, 1.807) is 11.3 Å². The van der Waals surface area contributed by atoms with E-state index in [4.69, 9.17) is 5.11 Å². The molecular weight excluding hydrogens is 280 g/mol. The number of carboxylic acids is 1. The SMILES string of the molecule is O=C(O)CCc1csc(-c2cnc3ccsc3c2)n1. The van der Waals surface area contributed by atoms with E-state index in [1.165, 1.54) is 11.3 Å². The summed E-state index contributed by atoms with van der Waals surface area (Å²) in [7, 11) is 0. The summed E-state index contributed by atoms with van der Waals surface area (Å²) in [6, 6.07) is 4.07. The van der Waals surface area contributed by atoms with Gasteiger partial charge in [0.25, 0.3) is 0 Å². The van der Waals surface area contributed by atoms with Crippen LogP contribution in [0.25, 0.3) is 20.8 Å². The van der Waals surface area contributed by atoms with Gasteiger partial charge in [-0.15, -0.1) is 22.7 Å². The molecule has 3 heterocycles. The fourth-order valence-electron chi connectivity index (χ4n) is 1.75. The van der Waals surface area contributed by atoms with E-state index in [-0.39, 0.29) is 6.42 Å². The predicted octanol–water partition coefficient (Wildman–Crippen LogP) is 3.44. The molecule has 0 unspecified atom stereocenters. The summed E-state index contributed by atoms with van der Waals surface area (Å²) in [6.45, 7) is 0. The minimum absolute atomic E-state index is 0.116. The van der Waals surface area contributed by atoms with Gasteiger partial charge in [0, 0.05) is 23.6 Å². The van der Waals surface area contributed by atoms with Crippen LogP contribution in [0, 0.1) is 0 Å². The van der Waals surface area contributed by atoms with Crippen molar-refractivity contribution in [3.05, 3.63) is 34.8 Å². The second kappa shape index (κ2) is 5.07. The average Bonchev–Trinajstić information content (AvgIpc) is 3.04. The number of rotatable bonds is 4. The van der Waals surface area contributed by atoms with E-state index in [0.29, 0.717) is 6.42 Å². The Morgan fingerprint density at radius 1 is 1.37 bits per heavy atom. The van der Waals surface area contributed by atoms with Gasteiger partial charge in [0.1, 0.15) is 5.01 Å². The van der Waals surface area contributed by atoms with Gasteiger partial charge < -0.3 is 5.11 Å². The molecule has 0 amide bonds.